The maximum Gasteiger partial charge on any atom is 0.0745 e. The van der Waals surface area contributed by atoms with Crippen molar-refractivity contribution >= 4 is 22.6 Å². The van der Waals surface area contributed by atoms with Gasteiger partial charge in [0.25, 0.3) is 0 Å². The number of H-pyrrole nitrogens is 1. The zero-order valence-electron chi connectivity index (χ0n) is 26.1. The van der Waals surface area contributed by atoms with Crippen LogP contribution < -0.4 is 16.0 Å². The highest BCUT2D eigenvalue weighted by molar-refractivity contribution is 5.73. The van der Waals surface area contributed by atoms with E-state index in [4.69, 9.17) is 10.7 Å². The fourth-order valence-electron chi connectivity index (χ4n) is 6.97. The molecule has 1 aromatic carbocycles. The Morgan fingerprint density at radius 3 is 2.74 bits per heavy atom. The molecule has 5 rings (SSSR count). The maximum atomic E-state index is 6.39. The highest BCUT2D eigenvalue weighted by Gasteiger charge is 2.38. The Hall–Kier alpha value is -3.54. The summed E-state index contributed by atoms with van der Waals surface area (Å²) >= 11 is 0. The van der Waals surface area contributed by atoms with E-state index in [2.05, 4.69) is 71.7 Å². The number of hydrogen-bond acceptors (Lipinski definition) is 5. The summed E-state index contributed by atoms with van der Waals surface area (Å²) < 4.78 is 0. The number of unbranched alkanes of at least 4 members (excludes halogenated alkanes) is 1. The van der Waals surface area contributed by atoms with Crippen LogP contribution in [0.4, 0.5) is 17.1 Å². The molecule has 6 heteroatoms. The number of anilines is 3. The molecule has 2 aromatic heterocycles. The van der Waals surface area contributed by atoms with Gasteiger partial charge in [0.05, 0.1) is 23.3 Å². The van der Waals surface area contributed by atoms with E-state index >= 15 is 0 Å². The van der Waals surface area contributed by atoms with Crippen molar-refractivity contribution in [3.05, 3.63) is 72.3 Å². The Bertz CT molecular complexity index is 1400. The summed E-state index contributed by atoms with van der Waals surface area (Å²) in [6, 6.07) is 10.7. The van der Waals surface area contributed by atoms with E-state index in [-0.39, 0.29) is 0 Å². The van der Waals surface area contributed by atoms with Gasteiger partial charge in [-0.1, -0.05) is 46.3 Å². The number of nitrogen functional groups attached to an aromatic ring is 1. The molecule has 1 spiro atoms. The van der Waals surface area contributed by atoms with Crippen LogP contribution in [0.3, 0.4) is 0 Å². The number of aromatic nitrogens is 3. The van der Waals surface area contributed by atoms with Crippen LogP contribution in [0.25, 0.3) is 16.8 Å². The quantitative estimate of drug-likeness (QED) is 0.151. The van der Waals surface area contributed by atoms with Crippen molar-refractivity contribution in [2.45, 2.75) is 91.4 Å². The number of pyridine rings is 1. The lowest BCUT2D eigenvalue weighted by molar-refractivity contribution is 0.249. The van der Waals surface area contributed by atoms with E-state index < -0.39 is 0 Å². The summed E-state index contributed by atoms with van der Waals surface area (Å²) in [5.74, 6) is 0.544. The molecule has 1 saturated heterocycles. The van der Waals surface area contributed by atoms with Crippen LogP contribution in [0.15, 0.2) is 55.4 Å². The van der Waals surface area contributed by atoms with Crippen LogP contribution >= 0.6 is 0 Å². The molecule has 1 unspecified atom stereocenters. The molecule has 42 heavy (non-hydrogen) atoms. The summed E-state index contributed by atoms with van der Waals surface area (Å²) in [4.78, 5) is 7.21. The Morgan fingerprint density at radius 2 is 1.98 bits per heavy atom. The van der Waals surface area contributed by atoms with Gasteiger partial charge in [-0.05, 0) is 111 Å². The molecule has 3 aromatic rings. The Kier molecular flexibility index (Phi) is 9.40. The van der Waals surface area contributed by atoms with Crippen LogP contribution in [0.5, 0.6) is 0 Å². The summed E-state index contributed by atoms with van der Waals surface area (Å²) in [5, 5.41) is 11.2. The number of nitrogens with two attached hydrogens (primary N) is 1. The first-order valence-corrected chi connectivity index (χ1v) is 16.0. The van der Waals surface area contributed by atoms with E-state index in [9.17, 15) is 0 Å². The molecule has 4 N–H and O–H groups in total. The Balaban J connectivity index is 1.10. The molecule has 0 bridgehead atoms. The SMILES string of the molecule is C=C(CC)c1cc(C)nc(-c2cn[nH]c2CCCCC(C)CNc2cc(N3CCC4(CCCC4)CC3=C)ccc2N)c1. The van der Waals surface area contributed by atoms with Gasteiger partial charge in [-0.3, -0.25) is 10.1 Å². The predicted molar refractivity (Wildman–Crippen MR) is 179 cm³/mol. The zero-order chi connectivity index (χ0) is 29.7. The number of aryl methyl sites for hydroxylation is 2. The minimum absolute atomic E-state index is 0.516. The van der Waals surface area contributed by atoms with Crippen molar-refractivity contribution in [2.75, 3.05) is 29.0 Å². The van der Waals surface area contributed by atoms with Crippen LogP contribution in [-0.4, -0.2) is 28.3 Å². The highest BCUT2D eigenvalue weighted by atomic mass is 15.2. The van der Waals surface area contributed by atoms with Gasteiger partial charge < -0.3 is 16.0 Å². The molecule has 0 amide bonds. The van der Waals surface area contributed by atoms with Crippen molar-refractivity contribution in [3.63, 3.8) is 0 Å². The minimum atomic E-state index is 0.516. The van der Waals surface area contributed by atoms with Gasteiger partial charge in [0.1, 0.15) is 0 Å². The molecule has 0 radical (unpaired) electrons. The van der Waals surface area contributed by atoms with Crippen LogP contribution in [0.1, 0.15) is 95.0 Å². The number of hydrogen-bond donors (Lipinski definition) is 3. The topological polar surface area (TPSA) is 82.9 Å². The monoisotopic (exact) mass is 566 g/mol. The van der Waals surface area contributed by atoms with Crippen LogP contribution in [0, 0.1) is 18.3 Å². The largest absolute Gasteiger partial charge is 0.397 e. The molecule has 3 heterocycles. The van der Waals surface area contributed by atoms with Gasteiger partial charge in [0, 0.05) is 41.4 Å². The van der Waals surface area contributed by atoms with Crippen molar-refractivity contribution in [3.8, 4) is 11.3 Å². The second kappa shape index (κ2) is 13.2. The first-order valence-electron chi connectivity index (χ1n) is 16.0. The Labute approximate surface area is 252 Å². The van der Waals surface area contributed by atoms with E-state index in [1.807, 2.05) is 19.2 Å². The summed E-state index contributed by atoms with van der Waals surface area (Å²) in [7, 11) is 0. The lowest BCUT2D eigenvalue weighted by atomic mass is 9.76. The van der Waals surface area contributed by atoms with Gasteiger partial charge in [-0.15, -0.1) is 0 Å². The van der Waals surface area contributed by atoms with Crippen molar-refractivity contribution in [1.29, 1.82) is 0 Å². The van der Waals surface area contributed by atoms with Gasteiger partial charge in [-0.25, -0.2) is 0 Å². The third-order valence-corrected chi connectivity index (χ3v) is 9.64. The molecule has 1 aliphatic heterocycles. The van der Waals surface area contributed by atoms with Gasteiger partial charge in [0.2, 0.25) is 0 Å². The number of aromatic amines is 1. The number of allylic oxidation sites excluding steroid dienone is 2. The van der Waals surface area contributed by atoms with Crippen molar-refractivity contribution < 1.29 is 0 Å². The molecule has 224 valence electrons. The number of piperidine rings is 1. The van der Waals surface area contributed by atoms with Crippen molar-refractivity contribution in [1.82, 2.24) is 15.2 Å². The number of nitrogens with zero attached hydrogens (tertiary/aromatic N) is 3. The first kappa shape index (κ1) is 29.9. The Morgan fingerprint density at radius 1 is 1.17 bits per heavy atom. The van der Waals surface area contributed by atoms with E-state index in [0.717, 1.165) is 96.8 Å². The third kappa shape index (κ3) is 6.91. The molecule has 6 nitrogen and oxygen atoms in total. The lowest BCUT2D eigenvalue weighted by Crippen LogP contribution is -2.36. The summed E-state index contributed by atoms with van der Waals surface area (Å²) in [6.45, 7) is 17.2. The minimum Gasteiger partial charge on any atom is -0.397 e. The zero-order valence-corrected chi connectivity index (χ0v) is 26.1. The molecule has 1 saturated carbocycles. The van der Waals surface area contributed by atoms with E-state index in [1.165, 1.54) is 43.5 Å². The molecular formula is C36H50N6. The van der Waals surface area contributed by atoms with Gasteiger partial charge >= 0.3 is 0 Å². The molecular weight excluding hydrogens is 516 g/mol. The third-order valence-electron chi connectivity index (χ3n) is 9.64. The molecule has 1 atom stereocenters. The summed E-state index contributed by atoms with van der Waals surface area (Å²) in [6.07, 6.45) is 15.1. The van der Waals surface area contributed by atoms with Crippen LogP contribution in [-0.2, 0) is 6.42 Å². The maximum absolute atomic E-state index is 6.39. The fourth-order valence-corrected chi connectivity index (χ4v) is 6.97. The van der Waals surface area contributed by atoms with E-state index in [0.29, 0.717) is 11.3 Å². The molecule has 1 aliphatic carbocycles. The normalized spacial score (nSPS) is 17.1. The highest BCUT2D eigenvalue weighted by Crippen LogP contribution is 2.49. The number of rotatable bonds is 12. The van der Waals surface area contributed by atoms with Crippen molar-refractivity contribution in [2.24, 2.45) is 11.3 Å². The number of benzene rings is 1. The second-order valence-electron chi connectivity index (χ2n) is 13.0. The predicted octanol–water partition coefficient (Wildman–Crippen LogP) is 8.92. The number of nitrogens with one attached hydrogen (secondary N) is 2. The smallest absolute Gasteiger partial charge is 0.0745 e. The second-order valence-corrected chi connectivity index (χ2v) is 13.0. The van der Waals surface area contributed by atoms with E-state index in [1.54, 1.807) is 0 Å². The average molecular weight is 567 g/mol. The first-order chi connectivity index (χ1) is 20.3. The molecule has 2 fully saturated rings. The lowest BCUT2D eigenvalue weighted by Gasteiger charge is -2.42. The summed E-state index contributed by atoms with van der Waals surface area (Å²) in [5.41, 5.74) is 17.8. The van der Waals surface area contributed by atoms with Crippen LogP contribution in [0.2, 0.25) is 0 Å². The van der Waals surface area contributed by atoms with Gasteiger partial charge in [0.15, 0.2) is 0 Å². The standard InChI is InChI=1S/C36H50N6/c1-6-26(3)29-19-27(4)40-34(20-29)31-24-39-41-33(31)12-8-7-11-25(2)23-38-35-21-30(13-14-32(35)37)42-18-17-36(22-28(42)5)15-9-10-16-36/h13-14,19-21,24-25,38H,3,5-12,15-18,22-23,37H2,1-2,4H3,(H,39,41). The van der Waals surface area contributed by atoms with Gasteiger partial charge in [-0.2, -0.15) is 5.10 Å². The molecule has 2 aliphatic rings. The fraction of sp³-hybridized carbons (Fsp3) is 0.500. The average Bonchev–Trinajstić information content (AvgIpc) is 3.64.